The number of hydrogen-bond donors (Lipinski definition) is 2. The number of pyridine rings is 1. The third-order valence-electron chi connectivity index (χ3n) is 1.40. The molecule has 0 fully saturated rings. The molecule has 0 aliphatic rings. The van der Waals surface area contributed by atoms with E-state index < -0.39 is 11.5 Å². The maximum absolute atomic E-state index is 10.9. The second kappa shape index (κ2) is 3.59. The van der Waals surface area contributed by atoms with Crippen LogP contribution in [0.25, 0.3) is 0 Å². The Balaban J connectivity index is 3.32. The third-order valence-corrected chi connectivity index (χ3v) is 1.40. The summed E-state index contributed by atoms with van der Waals surface area (Å²) >= 11 is 0. The standard InChI is InChI=1S/C9H7NO3/c1-2-3-6-4-7(9(12)13)8(11)10-5-6/h4-5H,1H3,(H,10,11)(H,12,13). The second-order valence-electron chi connectivity index (χ2n) is 2.31. The number of nitrogens with one attached hydrogen (secondary N) is 1. The fourth-order valence-corrected chi connectivity index (χ4v) is 0.859. The Labute approximate surface area is 74.2 Å². The first kappa shape index (κ1) is 9.07. The van der Waals surface area contributed by atoms with Crippen LogP contribution in [0.5, 0.6) is 0 Å². The Morgan fingerprint density at radius 2 is 2.31 bits per heavy atom. The van der Waals surface area contributed by atoms with Gasteiger partial charge < -0.3 is 10.1 Å². The van der Waals surface area contributed by atoms with Gasteiger partial charge in [0.15, 0.2) is 0 Å². The normalized spacial score (nSPS) is 8.69. The fourth-order valence-electron chi connectivity index (χ4n) is 0.859. The van der Waals surface area contributed by atoms with E-state index in [4.69, 9.17) is 5.11 Å². The molecule has 2 N–H and O–H groups in total. The van der Waals surface area contributed by atoms with Crippen molar-refractivity contribution < 1.29 is 9.90 Å². The minimum Gasteiger partial charge on any atom is -0.477 e. The van der Waals surface area contributed by atoms with Crippen molar-refractivity contribution in [3.05, 3.63) is 33.7 Å². The van der Waals surface area contributed by atoms with Crippen LogP contribution in [0.1, 0.15) is 22.8 Å². The average Bonchev–Trinajstić information content (AvgIpc) is 2.08. The lowest BCUT2D eigenvalue weighted by atomic mass is 10.2. The third kappa shape index (κ3) is 1.97. The molecule has 4 heteroatoms. The highest BCUT2D eigenvalue weighted by atomic mass is 16.4. The van der Waals surface area contributed by atoms with Crippen LogP contribution in [0.2, 0.25) is 0 Å². The van der Waals surface area contributed by atoms with Gasteiger partial charge in [0.2, 0.25) is 0 Å². The van der Waals surface area contributed by atoms with Gasteiger partial charge in [0.25, 0.3) is 5.56 Å². The molecule has 0 aliphatic carbocycles. The Morgan fingerprint density at radius 3 is 2.85 bits per heavy atom. The van der Waals surface area contributed by atoms with Gasteiger partial charge in [-0.2, -0.15) is 0 Å². The van der Waals surface area contributed by atoms with Gasteiger partial charge in [-0.1, -0.05) is 5.92 Å². The molecule has 1 aromatic rings. The van der Waals surface area contributed by atoms with Crippen molar-refractivity contribution >= 4 is 5.97 Å². The topological polar surface area (TPSA) is 70.2 Å². The van der Waals surface area contributed by atoms with Crippen molar-refractivity contribution in [3.63, 3.8) is 0 Å². The van der Waals surface area contributed by atoms with Gasteiger partial charge >= 0.3 is 5.97 Å². The van der Waals surface area contributed by atoms with E-state index in [0.29, 0.717) is 5.56 Å². The summed E-state index contributed by atoms with van der Waals surface area (Å²) in [5.41, 5.74) is -0.422. The van der Waals surface area contributed by atoms with E-state index in [-0.39, 0.29) is 5.56 Å². The zero-order chi connectivity index (χ0) is 9.84. The van der Waals surface area contributed by atoms with Crippen LogP contribution >= 0.6 is 0 Å². The molecule has 4 nitrogen and oxygen atoms in total. The van der Waals surface area contributed by atoms with Gasteiger partial charge in [-0.05, 0) is 13.0 Å². The van der Waals surface area contributed by atoms with Crippen LogP contribution in [0.3, 0.4) is 0 Å². The molecule has 0 aromatic carbocycles. The predicted molar refractivity (Wildman–Crippen MR) is 46.6 cm³/mol. The molecule has 0 saturated carbocycles. The van der Waals surface area contributed by atoms with E-state index in [1.807, 2.05) is 0 Å². The van der Waals surface area contributed by atoms with Gasteiger partial charge in [0, 0.05) is 11.8 Å². The average molecular weight is 177 g/mol. The Kier molecular flexibility index (Phi) is 2.50. The van der Waals surface area contributed by atoms with Crippen molar-refractivity contribution in [1.29, 1.82) is 0 Å². The summed E-state index contributed by atoms with van der Waals surface area (Å²) in [6.45, 7) is 1.63. The van der Waals surface area contributed by atoms with Crippen LogP contribution in [0.4, 0.5) is 0 Å². The molecule has 0 amide bonds. The fraction of sp³-hybridized carbons (Fsp3) is 0.111. The maximum Gasteiger partial charge on any atom is 0.341 e. The van der Waals surface area contributed by atoms with E-state index in [2.05, 4.69) is 16.8 Å². The van der Waals surface area contributed by atoms with Gasteiger partial charge in [0.1, 0.15) is 5.56 Å². The lowest BCUT2D eigenvalue weighted by Crippen LogP contribution is -2.16. The number of hydrogen-bond acceptors (Lipinski definition) is 2. The summed E-state index contributed by atoms with van der Waals surface area (Å²) in [7, 11) is 0. The summed E-state index contributed by atoms with van der Waals surface area (Å²) in [5.74, 6) is 4.00. The maximum atomic E-state index is 10.9. The number of rotatable bonds is 1. The van der Waals surface area contributed by atoms with Gasteiger partial charge in [-0.15, -0.1) is 5.92 Å². The highest BCUT2D eigenvalue weighted by Gasteiger charge is 2.07. The van der Waals surface area contributed by atoms with E-state index in [0.717, 1.165) is 0 Å². The lowest BCUT2D eigenvalue weighted by molar-refractivity contribution is 0.0695. The first-order chi connectivity index (χ1) is 6.15. The number of carboxylic acid groups (broad SMARTS) is 1. The van der Waals surface area contributed by atoms with E-state index in [1.165, 1.54) is 12.3 Å². The van der Waals surface area contributed by atoms with Gasteiger partial charge in [0.05, 0.1) is 0 Å². The van der Waals surface area contributed by atoms with Crippen LogP contribution in [-0.2, 0) is 0 Å². The molecule has 13 heavy (non-hydrogen) atoms. The molecule has 0 atom stereocenters. The zero-order valence-electron chi connectivity index (χ0n) is 6.92. The SMILES string of the molecule is CC#Cc1c[nH]c(=O)c(C(=O)O)c1. The van der Waals surface area contributed by atoms with Crippen molar-refractivity contribution in [1.82, 2.24) is 4.98 Å². The quantitative estimate of drug-likeness (QED) is 0.611. The van der Waals surface area contributed by atoms with Gasteiger partial charge in [-0.3, -0.25) is 4.79 Å². The van der Waals surface area contributed by atoms with Crippen molar-refractivity contribution in [2.45, 2.75) is 6.92 Å². The zero-order valence-corrected chi connectivity index (χ0v) is 6.92. The van der Waals surface area contributed by atoms with E-state index in [1.54, 1.807) is 6.92 Å². The monoisotopic (exact) mass is 177 g/mol. The number of aromatic nitrogens is 1. The molecule has 1 rings (SSSR count). The molecule has 0 radical (unpaired) electrons. The molecular weight excluding hydrogens is 170 g/mol. The minimum atomic E-state index is -1.25. The number of H-pyrrole nitrogens is 1. The Hall–Kier alpha value is -2.02. The summed E-state index contributed by atoms with van der Waals surface area (Å²) in [5, 5.41) is 8.59. The smallest absolute Gasteiger partial charge is 0.341 e. The van der Waals surface area contributed by atoms with E-state index >= 15 is 0 Å². The first-order valence-electron chi connectivity index (χ1n) is 3.54. The molecular formula is C9H7NO3. The summed E-state index contributed by atoms with van der Waals surface area (Å²) < 4.78 is 0. The van der Waals surface area contributed by atoms with E-state index in [9.17, 15) is 9.59 Å². The molecule has 0 aliphatic heterocycles. The highest BCUT2D eigenvalue weighted by molar-refractivity contribution is 5.87. The summed E-state index contributed by atoms with van der Waals surface area (Å²) in [6.07, 6.45) is 1.38. The van der Waals surface area contributed by atoms with Crippen LogP contribution in [0.15, 0.2) is 17.1 Å². The lowest BCUT2D eigenvalue weighted by Gasteiger charge is -1.93. The first-order valence-corrected chi connectivity index (χ1v) is 3.54. The minimum absolute atomic E-state index is 0.291. The Bertz CT molecular complexity index is 448. The van der Waals surface area contributed by atoms with Crippen molar-refractivity contribution in [3.8, 4) is 11.8 Å². The molecule has 0 unspecified atom stereocenters. The van der Waals surface area contributed by atoms with Crippen LogP contribution in [0, 0.1) is 11.8 Å². The molecule has 0 bridgehead atoms. The summed E-state index contributed by atoms with van der Waals surface area (Å²) in [6, 6.07) is 1.25. The number of carboxylic acids is 1. The predicted octanol–water partition coefficient (Wildman–Crippen LogP) is 0.444. The van der Waals surface area contributed by atoms with Crippen LogP contribution in [-0.4, -0.2) is 16.1 Å². The Morgan fingerprint density at radius 1 is 1.62 bits per heavy atom. The van der Waals surface area contributed by atoms with Crippen LogP contribution < -0.4 is 5.56 Å². The number of aromatic carboxylic acids is 1. The molecule has 0 saturated heterocycles. The highest BCUT2D eigenvalue weighted by Crippen LogP contribution is 1.96. The summed E-state index contributed by atoms with van der Waals surface area (Å²) in [4.78, 5) is 23.7. The van der Waals surface area contributed by atoms with Gasteiger partial charge in [-0.25, -0.2) is 4.79 Å². The number of carbonyl (C=O) groups is 1. The van der Waals surface area contributed by atoms with Crippen molar-refractivity contribution in [2.75, 3.05) is 0 Å². The molecule has 0 spiro atoms. The molecule has 66 valence electrons. The van der Waals surface area contributed by atoms with Crippen molar-refractivity contribution in [2.24, 2.45) is 0 Å². The molecule has 1 aromatic heterocycles. The molecule has 1 heterocycles. The largest absolute Gasteiger partial charge is 0.477 e. The number of aromatic amines is 1. The second-order valence-corrected chi connectivity index (χ2v) is 2.31.